The van der Waals surface area contributed by atoms with Gasteiger partial charge in [0, 0.05) is 11.6 Å². The number of aromatic nitrogens is 2. The molecule has 5 heteroatoms. The molecule has 1 N–H and O–H groups in total. The van der Waals surface area contributed by atoms with Gasteiger partial charge in [-0.2, -0.15) is 0 Å². The van der Waals surface area contributed by atoms with Gasteiger partial charge in [-0.3, -0.25) is 0 Å². The van der Waals surface area contributed by atoms with E-state index in [1.54, 1.807) is 24.4 Å². The van der Waals surface area contributed by atoms with Crippen molar-refractivity contribution in [3.8, 4) is 5.75 Å². The third kappa shape index (κ3) is 1.61. The molecule has 0 aliphatic heterocycles. The fourth-order valence-electron chi connectivity index (χ4n) is 1.10. The maximum Gasteiger partial charge on any atom is 0.511 e. The van der Waals surface area contributed by atoms with Crippen molar-refractivity contribution in [1.29, 1.82) is 0 Å². The summed E-state index contributed by atoms with van der Waals surface area (Å²) in [5, 5.41) is 9.12. The molecule has 0 amide bonds. The highest BCUT2D eigenvalue weighted by atomic mass is 16.7. The van der Waals surface area contributed by atoms with E-state index in [-0.39, 0.29) is 5.75 Å². The molecule has 0 aliphatic rings. The number of hydrogen-bond acceptors (Lipinski definition) is 4. The molecule has 2 aromatic rings. The predicted octanol–water partition coefficient (Wildman–Crippen LogP) is 1.69. The summed E-state index contributed by atoms with van der Waals surface area (Å²) in [6, 6.07) is 5.10. The number of fused-ring (bicyclic) bond motifs is 1. The van der Waals surface area contributed by atoms with Crippen LogP contribution in [0.2, 0.25) is 0 Å². The SMILES string of the molecule is O=C(O)Oc1cnc2ncccc2c1. The van der Waals surface area contributed by atoms with Crippen molar-refractivity contribution in [2.75, 3.05) is 0 Å². The van der Waals surface area contributed by atoms with Gasteiger partial charge in [-0.15, -0.1) is 0 Å². The van der Waals surface area contributed by atoms with Crippen molar-refractivity contribution in [2.24, 2.45) is 0 Å². The Morgan fingerprint density at radius 2 is 2.29 bits per heavy atom. The summed E-state index contributed by atoms with van der Waals surface area (Å²) >= 11 is 0. The van der Waals surface area contributed by atoms with Crippen LogP contribution in [-0.2, 0) is 0 Å². The van der Waals surface area contributed by atoms with Crippen LogP contribution in [0.1, 0.15) is 0 Å². The minimum atomic E-state index is -1.35. The second-order valence-corrected chi connectivity index (χ2v) is 2.59. The highest BCUT2D eigenvalue weighted by Gasteiger charge is 2.02. The Balaban J connectivity index is 2.46. The maximum absolute atomic E-state index is 10.2. The molecule has 2 rings (SSSR count). The summed E-state index contributed by atoms with van der Waals surface area (Å²) in [4.78, 5) is 18.2. The first-order valence-electron chi connectivity index (χ1n) is 3.87. The van der Waals surface area contributed by atoms with Gasteiger partial charge in [0.05, 0.1) is 6.20 Å². The smallest absolute Gasteiger partial charge is 0.449 e. The molecule has 0 saturated heterocycles. The first kappa shape index (κ1) is 8.43. The van der Waals surface area contributed by atoms with Gasteiger partial charge in [0.25, 0.3) is 0 Å². The molecule has 0 fully saturated rings. The fourth-order valence-corrected chi connectivity index (χ4v) is 1.10. The summed E-state index contributed by atoms with van der Waals surface area (Å²) in [7, 11) is 0. The number of hydrogen-bond donors (Lipinski definition) is 1. The van der Waals surface area contributed by atoms with E-state index in [9.17, 15) is 4.79 Å². The van der Waals surface area contributed by atoms with Crippen LogP contribution in [0.4, 0.5) is 4.79 Å². The predicted molar refractivity (Wildman–Crippen MR) is 48.2 cm³/mol. The second kappa shape index (κ2) is 3.29. The van der Waals surface area contributed by atoms with Crippen LogP contribution < -0.4 is 4.74 Å². The zero-order valence-electron chi connectivity index (χ0n) is 7.04. The standard InChI is InChI=1S/C9H6N2O3/c12-9(13)14-7-4-6-2-1-3-10-8(6)11-5-7/h1-5H,(H,12,13). The largest absolute Gasteiger partial charge is 0.511 e. The Morgan fingerprint density at radius 3 is 3.07 bits per heavy atom. The van der Waals surface area contributed by atoms with Gasteiger partial charge in [-0.1, -0.05) is 0 Å². The summed E-state index contributed by atoms with van der Waals surface area (Å²) in [5.41, 5.74) is 0.560. The molecule has 2 heterocycles. The van der Waals surface area contributed by atoms with Crippen molar-refractivity contribution < 1.29 is 14.6 Å². The van der Waals surface area contributed by atoms with Crippen LogP contribution in [0.15, 0.2) is 30.6 Å². The van der Waals surface area contributed by atoms with Gasteiger partial charge < -0.3 is 9.84 Å². The van der Waals surface area contributed by atoms with Gasteiger partial charge >= 0.3 is 6.16 Å². The van der Waals surface area contributed by atoms with E-state index in [1.165, 1.54) is 6.20 Å². The summed E-state index contributed by atoms with van der Waals surface area (Å²) in [6.07, 6.45) is 1.59. The van der Waals surface area contributed by atoms with Crippen molar-refractivity contribution >= 4 is 17.2 Å². The lowest BCUT2D eigenvalue weighted by atomic mass is 10.3. The normalized spacial score (nSPS) is 10.0. The maximum atomic E-state index is 10.2. The van der Waals surface area contributed by atoms with Crippen LogP contribution in [0.5, 0.6) is 5.75 Å². The highest BCUT2D eigenvalue weighted by Crippen LogP contribution is 2.15. The highest BCUT2D eigenvalue weighted by molar-refractivity contribution is 5.76. The molecule has 0 saturated carbocycles. The van der Waals surface area contributed by atoms with E-state index in [1.807, 2.05) is 0 Å². The lowest BCUT2D eigenvalue weighted by Crippen LogP contribution is -2.03. The zero-order valence-corrected chi connectivity index (χ0v) is 7.04. The van der Waals surface area contributed by atoms with Crippen LogP contribution in [0.25, 0.3) is 11.0 Å². The Labute approximate surface area is 79.0 Å². The van der Waals surface area contributed by atoms with Crippen molar-refractivity contribution in [3.05, 3.63) is 30.6 Å². The van der Waals surface area contributed by atoms with Crippen LogP contribution in [0.3, 0.4) is 0 Å². The molecule has 0 unspecified atom stereocenters. The number of carboxylic acid groups (broad SMARTS) is 1. The van der Waals surface area contributed by atoms with E-state index >= 15 is 0 Å². The average Bonchev–Trinajstić information content (AvgIpc) is 2.17. The lowest BCUT2D eigenvalue weighted by molar-refractivity contribution is 0.144. The second-order valence-electron chi connectivity index (χ2n) is 2.59. The van der Waals surface area contributed by atoms with Crippen LogP contribution >= 0.6 is 0 Å². The molecule has 2 aromatic heterocycles. The van der Waals surface area contributed by atoms with Crippen molar-refractivity contribution in [3.63, 3.8) is 0 Å². The molecule has 0 spiro atoms. The van der Waals surface area contributed by atoms with E-state index in [0.717, 1.165) is 5.39 Å². The molecule has 70 valence electrons. The molecule has 5 nitrogen and oxygen atoms in total. The number of rotatable bonds is 1. The molecule has 14 heavy (non-hydrogen) atoms. The third-order valence-corrected chi connectivity index (χ3v) is 1.63. The average molecular weight is 190 g/mol. The van der Waals surface area contributed by atoms with Gasteiger partial charge in [0.15, 0.2) is 11.4 Å². The molecular weight excluding hydrogens is 184 g/mol. The zero-order chi connectivity index (χ0) is 9.97. The third-order valence-electron chi connectivity index (χ3n) is 1.63. The molecule has 0 aromatic carbocycles. The lowest BCUT2D eigenvalue weighted by Gasteiger charge is -1.99. The Morgan fingerprint density at radius 1 is 1.43 bits per heavy atom. The van der Waals surface area contributed by atoms with Gasteiger partial charge in [-0.25, -0.2) is 14.8 Å². The molecular formula is C9H6N2O3. The molecule has 0 radical (unpaired) electrons. The minimum Gasteiger partial charge on any atom is -0.449 e. The first-order chi connectivity index (χ1) is 6.75. The van der Waals surface area contributed by atoms with E-state index < -0.39 is 6.16 Å². The van der Waals surface area contributed by atoms with E-state index in [2.05, 4.69) is 14.7 Å². The number of carbonyl (C=O) groups is 1. The van der Waals surface area contributed by atoms with E-state index in [0.29, 0.717) is 5.65 Å². The van der Waals surface area contributed by atoms with E-state index in [4.69, 9.17) is 5.11 Å². The number of nitrogens with zero attached hydrogens (tertiary/aromatic N) is 2. The molecule has 0 bridgehead atoms. The van der Waals surface area contributed by atoms with Crippen LogP contribution in [0, 0.1) is 0 Å². The van der Waals surface area contributed by atoms with Gasteiger partial charge in [0.2, 0.25) is 0 Å². The summed E-state index contributed by atoms with van der Waals surface area (Å²) < 4.78 is 4.45. The number of ether oxygens (including phenoxy) is 1. The Hall–Kier alpha value is -2.17. The van der Waals surface area contributed by atoms with Crippen molar-refractivity contribution in [2.45, 2.75) is 0 Å². The molecule has 0 aliphatic carbocycles. The Bertz CT molecular complexity index is 484. The fraction of sp³-hybridized carbons (Fsp3) is 0. The summed E-state index contributed by atoms with van der Waals surface area (Å²) in [6.45, 7) is 0. The first-order valence-corrected chi connectivity index (χ1v) is 3.87. The monoisotopic (exact) mass is 190 g/mol. The minimum absolute atomic E-state index is 0.193. The topological polar surface area (TPSA) is 72.3 Å². The number of pyridine rings is 2. The quantitative estimate of drug-likeness (QED) is 0.692. The molecule has 0 atom stereocenters. The van der Waals surface area contributed by atoms with Crippen molar-refractivity contribution in [1.82, 2.24) is 9.97 Å². The Kier molecular flexibility index (Phi) is 1.98. The van der Waals surface area contributed by atoms with Gasteiger partial charge in [-0.05, 0) is 18.2 Å². The summed E-state index contributed by atoms with van der Waals surface area (Å²) in [5.74, 6) is 0.193. The van der Waals surface area contributed by atoms with Gasteiger partial charge in [0.1, 0.15) is 0 Å². The van der Waals surface area contributed by atoms with Crippen LogP contribution in [-0.4, -0.2) is 21.2 Å².